The molecule has 1 saturated heterocycles. The molecule has 0 amide bonds. The first kappa shape index (κ1) is 24.1. The number of likely N-dealkylation sites (tertiary alicyclic amines) is 1. The van der Waals surface area contributed by atoms with Gasteiger partial charge in [-0.15, -0.1) is 4.91 Å². The maximum absolute atomic E-state index is 12.0. The third-order valence-electron chi connectivity index (χ3n) is 7.46. The molecule has 3 aliphatic rings. The van der Waals surface area contributed by atoms with E-state index in [1.165, 1.54) is 11.1 Å². The molecule has 0 unspecified atom stereocenters. The van der Waals surface area contributed by atoms with Gasteiger partial charge < -0.3 is 24.4 Å². The van der Waals surface area contributed by atoms with E-state index in [9.17, 15) is 4.91 Å². The number of hydrogen-bond donors (Lipinski definition) is 1. The zero-order valence-corrected chi connectivity index (χ0v) is 21.0. The zero-order chi connectivity index (χ0) is 25.0. The summed E-state index contributed by atoms with van der Waals surface area (Å²) in [5.41, 5.74) is 4.82. The Labute approximate surface area is 212 Å². The fraction of sp³-hybridized carbons (Fsp3) is 0.379. The second-order valence-corrected chi connectivity index (χ2v) is 9.43. The van der Waals surface area contributed by atoms with Gasteiger partial charge in [0, 0.05) is 37.3 Å². The minimum absolute atomic E-state index is 0.522. The smallest absolute Gasteiger partial charge is 0.130 e. The summed E-state index contributed by atoms with van der Waals surface area (Å²) >= 11 is 0. The van der Waals surface area contributed by atoms with E-state index in [1.54, 1.807) is 14.2 Å². The van der Waals surface area contributed by atoms with Gasteiger partial charge in [-0.1, -0.05) is 35.5 Å². The zero-order valence-electron chi connectivity index (χ0n) is 21.0. The van der Waals surface area contributed by atoms with Crippen LogP contribution in [-0.2, 0) is 5.54 Å². The van der Waals surface area contributed by atoms with E-state index in [1.807, 2.05) is 36.4 Å². The normalized spacial score (nSPS) is 20.0. The first-order valence-electron chi connectivity index (χ1n) is 12.5. The lowest BCUT2D eigenvalue weighted by Crippen LogP contribution is -2.41. The van der Waals surface area contributed by atoms with Gasteiger partial charge in [0.15, 0.2) is 0 Å². The van der Waals surface area contributed by atoms with Gasteiger partial charge in [0.2, 0.25) is 0 Å². The monoisotopic (exact) mass is 487 g/mol. The van der Waals surface area contributed by atoms with Crippen molar-refractivity contribution in [3.05, 3.63) is 88.0 Å². The number of allylic oxidation sites excluding steroid dienone is 3. The molecule has 5 rings (SSSR count). The lowest BCUT2D eigenvalue weighted by molar-refractivity contribution is 0.164. The Hall–Kier alpha value is -3.58. The molecule has 0 radical (unpaired) electrons. The highest BCUT2D eigenvalue weighted by atomic mass is 16.5. The lowest BCUT2D eigenvalue weighted by Gasteiger charge is -2.37. The summed E-state index contributed by atoms with van der Waals surface area (Å²) in [6.07, 6.45) is 8.97. The molecular formula is C29H33N3O4. The van der Waals surface area contributed by atoms with Gasteiger partial charge in [-0.05, 0) is 60.7 Å². The summed E-state index contributed by atoms with van der Waals surface area (Å²) in [6.45, 7) is 3.92. The van der Waals surface area contributed by atoms with Gasteiger partial charge >= 0.3 is 0 Å². The van der Waals surface area contributed by atoms with Gasteiger partial charge in [-0.3, -0.25) is 0 Å². The van der Waals surface area contributed by atoms with Crippen LogP contribution in [0.3, 0.4) is 0 Å². The number of methoxy groups -OCH3 is 2. The summed E-state index contributed by atoms with van der Waals surface area (Å²) in [6, 6.07) is 13.7. The minimum Gasteiger partial charge on any atom is -0.497 e. The number of rotatable bonds is 7. The summed E-state index contributed by atoms with van der Waals surface area (Å²) in [5.74, 6) is 2.47. The van der Waals surface area contributed by atoms with Crippen LogP contribution in [0.15, 0.2) is 77.1 Å². The molecule has 188 valence electrons. The molecule has 2 aromatic carbocycles. The first-order valence-corrected chi connectivity index (χ1v) is 12.5. The van der Waals surface area contributed by atoms with Crippen LogP contribution < -0.4 is 19.5 Å². The van der Waals surface area contributed by atoms with E-state index in [4.69, 9.17) is 14.2 Å². The van der Waals surface area contributed by atoms with Gasteiger partial charge in [-0.25, -0.2) is 0 Å². The van der Waals surface area contributed by atoms with Crippen LogP contribution in [0, 0.1) is 4.91 Å². The van der Waals surface area contributed by atoms with Gasteiger partial charge in [0.25, 0.3) is 0 Å². The van der Waals surface area contributed by atoms with Crippen molar-refractivity contribution in [2.24, 2.45) is 5.18 Å². The Morgan fingerprint density at radius 2 is 1.83 bits per heavy atom. The van der Waals surface area contributed by atoms with Crippen LogP contribution in [-0.4, -0.2) is 51.9 Å². The van der Waals surface area contributed by atoms with Gasteiger partial charge in [0.1, 0.15) is 29.4 Å². The number of ether oxygens (including phenoxy) is 3. The molecule has 3 aliphatic heterocycles. The molecule has 1 N–H and O–H groups in total. The van der Waals surface area contributed by atoms with Crippen LogP contribution >= 0.6 is 0 Å². The number of hydrogen-bond acceptors (Lipinski definition) is 7. The number of nitrogens with one attached hydrogen (secondary N) is 1. The van der Waals surface area contributed by atoms with Crippen LogP contribution in [0.1, 0.15) is 30.4 Å². The maximum Gasteiger partial charge on any atom is 0.130 e. The molecule has 0 aliphatic carbocycles. The van der Waals surface area contributed by atoms with Crippen molar-refractivity contribution >= 4 is 5.57 Å². The van der Waals surface area contributed by atoms with Crippen molar-refractivity contribution in [3.63, 3.8) is 0 Å². The van der Waals surface area contributed by atoms with Crippen molar-refractivity contribution < 1.29 is 14.2 Å². The van der Waals surface area contributed by atoms with Crippen LogP contribution in [0.25, 0.3) is 5.57 Å². The second-order valence-electron chi connectivity index (χ2n) is 9.43. The fourth-order valence-corrected chi connectivity index (χ4v) is 5.30. The van der Waals surface area contributed by atoms with E-state index >= 15 is 0 Å². The largest absolute Gasteiger partial charge is 0.497 e. The molecule has 7 heteroatoms. The molecule has 0 bridgehead atoms. The summed E-state index contributed by atoms with van der Waals surface area (Å²) in [5, 5.41) is 7.08. The van der Waals surface area contributed by atoms with Crippen molar-refractivity contribution in [2.75, 3.05) is 47.0 Å². The second kappa shape index (κ2) is 10.6. The standard InChI is InChI=1S/C29H33N3O4/c1-34-22-9-7-21(8-10-22)29(31-33)13-17-32(18-14-29)16-4-6-24-25-5-3-15-30-27(25)20-36-28-12-11-23(35-2)19-26(24)28/h3,5-12,19,30H,4,13-18,20H2,1-2H3/b24-6+. The van der Waals surface area contributed by atoms with Crippen LogP contribution in [0.5, 0.6) is 17.2 Å². The van der Waals surface area contributed by atoms with Crippen molar-refractivity contribution in [1.82, 2.24) is 10.2 Å². The summed E-state index contributed by atoms with van der Waals surface area (Å²) in [7, 11) is 3.33. The Balaban J connectivity index is 1.30. The van der Waals surface area contributed by atoms with Crippen molar-refractivity contribution in [2.45, 2.75) is 24.8 Å². The highest BCUT2D eigenvalue weighted by Crippen LogP contribution is 2.40. The van der Waals surface area contributed by atoms with Gasteiger partial charge in [-0.2, -0.15) is 0 Å². The van der Waals surface area contributed by atoms with E-state index in [2.05, 4.69) is 39.7 Å². The molecule has 36 heavy (non-hydrogen) atoms. The summed E-state index contributed by atoms with van der Waals surface area (Å²) in [4.78, 5) is 14.4. The average molecular weight is 488 g/mol. The number of piperidine rings is 1. The fourth-order valence-electron chi connectivity index (χ4n) is 5.30. The number of nitrogens with zero attached hydrogens (tertiary/aromatic N) is 2. The molecular weight excluding hydrogens is 454 g/mol. The first-order chi connectivity index (χ1) is 17.7. The lowest BCUT2D eigenvalue weighted by atomic mass is 9.81. The molecule has 0 saturated carbocycles. The minimum atomic E-state index is -0.659. The van der Waals surface area contributed by atoms with Crippen molar-refractivity contribution in [3.8, 4) is 17.2 Å². The predicted octanol–water partition coefficient (Wildman–Crippen LogP) is 5.04. The molecule has 3 heterocycles. The predicted molar refractivity (Wildman–Crippen MR) is 141 cm³/mol. The Morgan fingerprint density at radius 1 is 1.08 bits per heavy atom. The van der Waals surface area contributed by atoms with Crippen molar-refractivity contribution in [1.29, 1.82) is 0 Å². The SMILES string of the molecule is COc1ccc(C2(N=O)CCN(CC/C=C3\C4=C(COc5ccc(OC)cc53)NCC=C4)CC2)cc1. The quantitative estimate of drug-likeness (QED) is 0.552. The Kier molecular flexibility index (Phi) is 7.09. The molecule has 1 fully saturated rings. The molecule has 0 spiro atoms. The molecule has 7 nitrogen and oxygen atoms in total. The maximum atomic E-state index is 12.0. The number of dihydropyridines is 1. The highest BCUT2D eigenvalue weighted by molar-refractivity contribution is 5.87. The molecule has 0 aromatic heterocycles. The highest BCUT2D eigenvalue weighted by Gasteiger charge is 2.37. The number of benzene rings is 2. The van der Waals surface area contributed by atoms with E-state index in [0.29, 0.717) is 6.61 Å². The third kappa shape index (κ3) is 4.75. The Morgan fingerprint density at radius 3 is 2.56 bits per heavy atom. The van der Waals surface area contributed by atoms with E-state index in [-0.39, 0.29) is 0 Å². The van der Waals surface area contributed by atoms with Gasteiger partial charge in [0.05, 0.1) is 19.9 Å². The van der Waals surface area contributed by atoms with E-state index in [0.717, 1.165) is 79.5 Å². The number of fused-ring (bicyclic) bond motifs is 1. The van der Waals surface area contributed by atoms with E-state index < -0.39 is 5.54 Å². The van der Waals surface area contributed by atoms with Crippen LogP contribution in [0.4, 0.5) is 0 Å². The molecule has 2 aromatic rings. The molecule has 0 atom stereocenters. The Bertz CT molecular complexity index is 1190. The topological polar surface area (TPSA) is 72.4 Å². The third-order valence-corrected chi connectivity index (χ3v) is 7.46. The average Bonchev–Trinajstić information content (AvgIpc) is 3.10. The summed E-state index contributed by atoms with van der Waals surface area (Å²) < 4.78 is 16.9. The number of nitroso groups, excluding NO2 is 1. The van der Waals surface area contributed by atoms with Crippen LogP contribution in [0.2, 0.25) is 0 Å².